The van der Waals surface area contributed by atoms with Gasteiger partial charge in [-0.15, -0.1) is 0 Å². The fourth-order valence-corrected chi connectivity index (χ4v) is 2.59. The molecule has 3 rings (SSSR count). The van der Waals surface area contributed by atoms with Gasteiger partial charge in [0.05, 0.1) is 6.10 Å². The van der Waals surface area contributed by atoms with Crippen molar-refractivity contribution in [2.24, 2.45) is 5.92 Å². The van der Waals surface area contributed by atoms with Crippen LogP contribution in [0.1, 0.15) is 12.8 Å². The molecule has 1 aliphatic carbocycles. The summed E-state index contributed by atoms with van der Waals surface area (Å²) in [5, 5.41) is 9.96. The van der Waals surface area contributed by atoms with Crippen molar-refractivity contribution < 1.29 is 5.11 Å². The maximum absolute atomic E-state index is 9.96. The van der Waals surface area contributed by atoms with Gasteiger partial charge in [0, 0.05) is 38.9 Å². The van der Waals surface area contributed by atoms with Crippen LogP contribution >= 0.6 is 0 Å². The predicted molar refractivity (Wildman–Crippen MR) is 71.6 cm³/mol. The minimum Gasteiger partial charge on any atom is -0.392 e. The first kappa shape index (κ1) is 11.9. The lowest BCUT2D eigenvalue weighted by atomic mass is 10.2. The third kappa shape index (κ3) is 2.82. The summed E-state index contributed by atoms with van der Waals surface area (Å²) in [7, 11) is 0. The maximum atomic E-state index is 9.96. The second-order valence-electron chi connectivity index (χ2n) is 5.38. The van der Waals surface area contributed by atoms with Crippen molar-refractivity contribution in [1.82, 2.24) is 9.88 Å². The first-order valence-corrected chi connectivity index (χ1v) is 6.89. The Kier molecular flexibility index (Phi) is 3.48. The van der Waals surface area contributed by atoms with Gasteiger partial charge >= 0.3 is 0 Å². The SMILES string of the molecule is O[C@@H](CN1CCN(c2ccccn2)CC1)C1CC1. The molecule has 1 saturated carbocycles. The standard InChI is InChI=1S/C14H21N3O/c18-13(12-4-5-12)11-16-7-9-17(10-8-16)14-3-1-2-6-15-14/h1-3,6,12-13,18H,4-5,7-11H2/t13-/m0/s1. The summed E-state index contributed by atoms with van der Waals surface area (Å²) in [6.07, 6.45) is 4.18. The molecule has 0 amide bonds. The van der Waals surface area contributed by atoms with Crippen LogP contribution in [0.4, 0.5) is 5.82 Å². The highest BCUT2D eigenvalue weighted by Crippen LogP contribution is 2.32. The number of hydrogen-bond donors (Lipinski definition) is 1. The van der Waals surface area contributed by atoms with E-state index in [4.69, 9.17) is 0 Å². The van der Waals surface area contributed by atoms with E-state index in [1.54, 1.807) is 0 Å². The van der Waals surface area contributed by atoms with Gasteiger partial charge in [-0.3, -0.25) is 4.90 Å². The van der Waals surface area contributed by atoms with Crippen LogP contribution in [-0.4, -0.2) is 53.8 Å². The topological polar surface area (TPSA) is 39.6 Å². The molecule has 4 nitrogen and oxygen atoms in total. The van der Waals surface area contributed by atoms with E-state index >= 15 is 0 Å². The van der Waals surface area contributed by atoms with Gasteiger partial charge in [-0.25, -0.2) is 4.98 Å². The van der Waals surface area contributed by atoms with E-state index in [9.17, 15) is 5.11 Å². The van der Waals surface area contributed by atoms with E-state index in [0.717, 1.165) is 38.5 Å². The summed E-state index contributed by atoms with van der Waals surface area (Å²) < 4.78 is 0. The summed E-state index contributed by atoms with van der Waals surface area (Å²) in [5.74, 6) is 1.65. The van der Waals surface area contributed by atoms with Crippen LogP contribution in [0.25, 0.3) is 0 Å². The van der Waals surface area contributed by atoms with E-state index in [-0.39, 0.29) is 6.10 Å². The molecule has 2 heterocycles. The molecule has 1 N–H and O–H groups in total. The molecule has 1 aromatic rings. The molecule has 1 aliphatic heterocycles. The fourth-order valence-electron chi connectivity index (χ4n) is 2.59. The average Bonchev–Trinajstić information content (AvgIpc) is 3.25. The van der Waals surface area contributed by atoms with Crippen LogP contribution in [0.2, 0.25) is 0 Å². The normalized spacial score (nSPS) is 23.1. The monoisotopic (exact) mass is 247 g/mol. The van der Waals surface area contributed by atoms with Gasteiger partial charge in [0.2, 0.25) is 0 Å². The molecule has 2 aliphatic rings. The van der Waals surface area contributed by atoms with Crippen LogP contribution in [0, 0.1) is 5.92 Å². The number of β-amino-alcohol motifs (C(OH)–C–C–N with tert-alkyl or cyclic N) is 1. The van der Waals surface area contributed by atoms with Crippen molar-refractivity contribution in [3.8, 4) is 0 Å². The molecule has 1 aromatic heterocycles. The summed E-state index contributed by atoms with van der Waals surface area (Å²) >= 11 is 0. The molecule has 1 saturated heterocycles. The lowest BCUT2D eigenvalue weighted by molar-refractivity contribution is 0.0921. The van der Waals surface area contributed by atoms with Crippen molar-refractivity contribution >= 4 is 5.82 Å². The van der Waals surface area contributed by atoms with E-state index in [1.807, 2.05) is 18.3 Å². The molecule has 18 heavy (non-hydrogen) atoms. The van der Waals surface area contributed by atoms with Crippen LogP contribution < -0.4 is 4.90 Å². The highest BCUT2D eigenvalue weighted by Gasteiger charge is 2.31. The molecule has 0 aromatic carbocycles. The van der Waals surface area contributed by atoms with E-state index < -0.39 is 0 Å². The van der Waals surface area contributed by atoms with Crippen LogP contribution in [0.3, 0.4) is 0 Å². The molecule has 0 bridgehead atoms. The minimum absolute atomic E-state index is 0.105. The van der Waals surface area contributed by atoms with Crippen molar-refractivity contribution in [2.45, 2.75) is 18.9 Å². The molecule has 0 unspecified atom stereocenters. The molecule has 1 atom stereocenters. The van der Waals surface area contributed by atoms with Crippen molar-refractivity contribution in [2.75, 3.05) is 37.6 Å². The van der Waals surface area contributed by atoms with Crippen molar-refractivity contribution in [1.29, 1.82) is 0 Å². The number of anilines is 1. The lowest BCUT2D eigenvalue weighted by Crippen LogP contribution is -2.49. The summed E-state index contributed by atoms with van der Waals surface area (Å²) in [5.41, 5.74) is 0. The van der Waals surface area contributed by atoms with E-state index in [1.165, 1.54) is 12.8 Å². The van der Waals surface area contributed by atoms with Crippen molar-refractivity contribution in [3.63, 3.8) is 0 Å². The quantitative estimate of drug-likeness (QED) is 0.861. The number of pyridine rings is 1. The third-order valence-electron chi connectivity index (χ3n) is 3.96. The number of piperazine rings is 1. The van der Waals surface area contributed by atoms with Crippen molar-refractivity contribution in [3.05, 3.63) is 24.4 Å². The largest absolute Gasteiger partial charge is 0.392 e. The summed E-state index contributed by atoms with van der Waals surface area (Å²) in [4.78, 5) is 9.08. The average molecular weight is 247 g/mol. The van der Waals surface area contributed by atoms with Crippen LogP contribution in [-0.2, 0) is 0 Å². The molecular weight excluding hydrogens is 226 g/mol. The van der Waals surface area contributed by atoms with E-state index in [2.05, 4.69) is 20.9 Å². The van der Waals surface area contributed by atoms with Crippen LogP contribution in [0.15, 0.2) is 24.4 Å². The Morgan fingerprint density at radius 2 is 2.00 bits per heavy atom. The summed E-state index contributed by atoms with van der Waals surface area (Å²) in [6.45, 7) is 4.92. The Morgan fingerprint density at radius 1 is 1.22 bits per heavy atom. The zero-order valence-electron chi connectivity index (χ0n) is 10.7. The zero-order valence-corrected chi connectivity index (χ0v) is 10.7. The number of nitrogens with zero attached hydrogens (tertiary/aromatic N) is 3. The number of hydrogen-bond acceptors (Lipinski definition) is 4. The second kappa shape index (κ2) is 5.24. The van der Waals surface area contributed by atoms with Gasteiger partial charge in [-0.1, -0.05) is 6.07 Å². The fraction of sp³-hybridized carbons (Fsp3) is 0.643. The minimum atomic E-state index is -0.105. The molecule has 98 valence electrons. The highest BCUT2D eigenvalue weighted by atomic mass is 16.3. The van der Waals surface area contributed by atoms with E-state index in [0.29, 0.717) is 5.92 Å². The summed E-state index contributed by atoms with van der Waals surface area (Å²) in [6, 6.07) is 6.05. The maximum Gasteiger partial charge on any atom is 0.128 e. The second-order valence-corrected chi connectivity index (χ2v) is 5.38. The number of rotatable bonds is 4. The molecular formula is C14H21N3O. The Balaban J connectivity index is 1.48. The molecule has 0 spiro atoms. The smallest absolute Gasteiger partial charge is 0.128 e. The Labute approximate surface area is 108 Å². The van der Waals surface area contributed by atoms with Gasteiger partial charge < -0.3 is 10.0 Å². The van der Waals surface area contributed by atoms with Crippen LogP contribution in [0.5, 0.6) is 0 Å². The Hall–Kier alpha value is -1.13. The zero-order chi connectivity index (χ0) is 12.4. The van der Waals surface area contributed by atoms with Gasteiger partial charge in [0.25, 0.3) is 0 Å². The highest BCUT2D eigenvalue weighted by molar-refractivity contribution is 5.38. The molecule has 0 radical (unpaired) electrons. The number of aliphatic hydroxyl groups excluding tert-OH is 1. The number of aromatic nitrogens is 1. The van der Waals surface area contributed by atoms with Gasteiger partial charge in [0.1, 0.15) is 5.82 Å². The molecule has 4 heteroatoms. The first-order valence-electron chi connectivity index (χ1n) is 6.89. The third-order valence-corrected chi connectivity index (χ3v) is 3.96. The van der Waals surface area contributed by atoms with Gasteiger partial charge in [-0.05, 0) is 30.9 Å². The number of aliphatic hydroxyl groups is 1. The predicted octanol–water partition coefficient (Wildman–Crippen LogP) is 0.974. The van der Waals surface area contributed by atoms with Gasteiger partial charge in [0.15, 0.2) is 0 Å². The Morgan fingerprint density at radius 3 is 2.61 bits per heavy atom. The Bertz CT molecular complexity index is 372. The lowest BCUT2D eigenvalue weighted by Gasteiger charge is -2.36. The molecule has 2 fully saturated rings. The van der Waals surface area contributed by atoms with Gasteiger partial charge in [-0.2, -0.15) is 0 Å². The first-order chi connectivity index (χ1) is 8.83.